The third kappa shape index (κ3) is 6.45. The summed E-state index contributed by atoms with van der Waals surface area (Å²) >= 11 is 4.34. The lowest BCUT2D eigenvalue weighted by atomic mass is 10.2. The minimum atomic E-state index is -4.36. The molecule has 1 aliphatic heterocycles. The van der Waals surface area contributed by atoms with Crippen LogP contribution < -0.4 is 29.0 Å². The Kier molecular flexibility index (Phi) is 9.76. The van der Waals surface area contributed by atoms with Gasteiger partial charge in [0.25, 0.3) is 10.6 Å². The first-order valence-electron chi connectivity index (χ1n) is 12.5. The van der Waals surface area contributed by atoms with Gasteiger partial charge in [0.05, 0.1) is 24.3 Å². The van der Waals surface area contributed by atoms with Gasteiger partial charge in [-0.1, -0.05) is 55.1 Å². The predicted octanol–water partition coefficient (Wildman–Crippen LogP) is 6.11. The molecule has 0 spiro atoms. The van der Waals surface area contributed by atoms with Gasteiger partial charge in [-0.2, -0.15) is 17.7 Å². The van der Waals surface area contributed by atoms with E-state index >= 15 is 0 Å². The number of aromatic nitrogens is 2. The van der Waals surface area contributed by atoms with E-state index in [2.05, 4.69) is 0 Å². The lowest BCUT2D eigenvalue weighted by molar-refractivity contribution is -0.685. The Hall–Kier alpha value is -2.67. The molecule has 0 saturated heterocycles. The number of benzene rings is 2. The second-order valence-electron chi connectivity index (χ2n) is 8.29. The molecule has 2 aromatic carbocycles. The molecular formula is C28H29F3N3O2S4+. The van der Waals surface area contributed by atoms with Gasteiger partial charge in [0.1, 0.15) is 20.0 Å². The molecule has 0 bridgehead atoms. The van der Waals surface area contributed by atoms with Crippen LogP contribution in [0.2, 0.25) is 0 Å². The van der Waals surface area contributed by atoms with Crippen molar-refractivity contribution in [1.29, 1.82) is 0 Å². The highest BCUT2D eigenvalue weighted by atomic mass is 32.2. The summed E-state index contributed by atoms with van der Waals surface area (Å²) in [4.78, 5) is 16.7. The van der Waals surface area contributed by atoms with Crippen molar-refractivity contribution in [2.75, 3.05) is 19.1 Å². The van der Waals surface area contributed by atoms with E-state index in [0.29, 0.717) is 16.6 Å². The Morgan fingerprint density at radius 2 is 1.90 bits per heavy atom. The molecular weight excluding hydrogens is 596 g/mol. The fraction of sp³-hybridized carbons (Fsp3) is 0.286. The molecule has 4 aromatic rings. The van der Waals surface area contributed by atoms with Gasteiger partial charge in [0.2, 0.25) is 0 Å². The molecule has 0 saturated carbocycles. The molecule has 0 aliphatic carbocycles. The number of hydrogen-bond acceptors (Lipinski definition) is 7. The number of thioether (sulfide) groups is 2. The summed E-state index contributed by atoms with van der Waals surface area (Å²) in [6.07, 6.45) is 3.80. The predicted molar refractivity (Wildman–Crippen MR) is 161 cm³/mol. The molecule has 212 valence electrons. The van der Waals surface area contributed by atoms with Crippen LogP contribution in [0.25, 0.3) is 11.1 Å². The van der Waals surface area contributed by atoms with Crippen LogP contribution >= 0.6 is 46.2 Å². The van der Waals surface area contributed by atoms with Crippen LogP contribution in [0.1, 0.15) is 31.3 Å². The summed E-state index contributed by atoms with van der Waals surface area (Å²) in [5.41, 5.74) is -2.82. The number of ether oxygens (including phenoxy) is 1. The van der Waals surface area contributed by atoms with E-state index in [1.165, 1.54) is 28.7 Å². The van der Waals surface area contributed by atoms with E-state index in [9.17, 15) is 18.0 Å². The van der Waals surface area contributed by atoms with Gasteiger partial charge in [0, 0.05) is 28.9 Å². The number of anilines is 1. The molecule has 3 heterocycles. The normalized spacial score (nSPS) is 14.7. The van der Waals surface area contributed by atoms with Crippen LogP contribution in [-0.2, 0) is 13.1 Å². The van der Waals surface area contributed by atoms with Crippen LogP contribution in [0.15, 0.2) is 68.6 Å². The van der Waals surface area contributed by atoms with Crippen molar-refractivity contribution in [3.8, 4) is 5.75 Å². The largest absolute Gasteiger partial charge is 0.497 e. The summed E-state index contributed by atoms with van der Waals surface area (Å²) < 4.78 is 49.7. The molecule has 0 radical (unpaired) electrons. The fourth-order valence-electron chi connectivity index (χ4n) is 4.14. The maximum absolute atomic E-state index is 13.5. The average molecular weight is 625 g/mol. The quantitative estimate of drug-likeness (QED) is 0.191. The van der Waals surface area contributed by atoms with Crippen LogP contribution in [0.4, 0.5) is 18.9 Å². The van der Waals surface area contributed by atoms with Gasteiger partial charge in [-0.25, -0.2) is 0 Å². The zero-order valence-corrected chi connectivity index (χ0v) is 25.9. The first-order chi connectivity index (χ1) is 19.2. The maximum Gasteiger partial charge on any atom is 0.446 e. The van der Waals surface area contributed by atoms with Crippen LogP contribution in [0, 0.1) is 0 Å². The highest BCUT2D eigenvalue weighted by Gasteiger charge is 2.31. The van der Waals surface area contributed by atoms with E-state index < -0.39 is 5.51 Å². The smallest absolute Gasteiger partial charge is 0.446 e. The standard InChI is InChI=1S/C26H23F3N3O2S4.C2H6/c1-4-32-22(37-23(24(32)33)25-30(2)18-10-9-17(34-3)13-20(18)36-25)14-21-31(11-12-35-21)15-16-7-5-6-8-19(16)38-26(27,28)29;1-2/h5-14H,4,15H2,1-3H3;1-2H3/q+1;/b25-23+;. The van der Waals surface area contributed by atoms with Crippen molar-refractivity contribution in [1.82, 2.24) is 4.57 Å². The van der Waals surface area contributed by atoms with Crippen LogP contribution in [-0.4, -0.2) is 24.2 Å². The van der Waals surface area contributed by atoms with Crippen molar-refractivity contribution >= 4 is 63.0 Å². The summed E-state index contributed by atoms with van der Waals surface area (Å²) in [6.45, 7) is 6.72. The molecule has 5 rings (SSSR count). The SMILES string of the molecule is CC.CCn1c(=O)/c(=C2\Sc3cc(OC)ccc3N2C)s/c1=C\c1scc[n+]1Cc1ccccc1SC(F)(F)F. The van der Waals surface area contributed by atoms with E-state index in [1.54, 1.807) is 41.6 Å². The Morgan fingerprint density at radius 3 is 2.60 bits per heavy atom. The molecule has 12 heteroatoms. The van der Waals surface area contributed by atoms with E-state index in [0.717, 1.165) is 31.0 Å². The van der Waals surface area contributed by atoms with E-state index in [1.807, 2.05) is 73.1 Å². The minimum absolute atomic E-state index is 0.0621. The second-order valence-corrected chi connectivity index (χ2v) is 12.4. The number of fused-ring (bicyclic) bond motifs is 1. The average Bonchev–Trinajstić information content (AvgIpc) is 3.60. The summed E-state index contributed by atoms with van der Waals surface area (Å²) in [6, 6.07) is 12.4. The first kappa shape index (κ1) is 30.3. The Morgan fingerprint density at radius 1 is 1.15 bits per heavy atom. The fourth-order valence-corrected chi connectivity index (χ4v) is 8.14. The van der Waals surface area contributed by atoms with Crippen molar-refractivity contribution in [2.45, 2.75) is 49.2 Å². The highest BCUT2D eigenvalue weighted by Crippen LogP contribution is 2.46. The van der Waals surface area contributed by atoms with Gasteiger partial charge >= 0.3 is 5.51 Å². The Labute approximate surface area is 247 Å². The molecule has 0 N–H and O–H groups in total. The highest BCUT2D eigenvalue weighted by molar-refractivity contribution is 8.08. The zero-order valence-electron chi connectivity index (χ0n) is 22.6. The van der Waals surface area contributed by atoms with Crippen molar-refractivity contribution in [2.24, 2.45) is 0 Å². The number of halogens is 3. The summed E-state index contributed by atoms with van der Waals surface area (Å²) in [7, 11) is 3.57. The monoisotopic (exact) mass is 624 g/mol. The molecule has 0 atom stereocenters. The molecule has 5 nitrogen and oxygen atoms in total. The molecule has 1 aliphatic rings. The summed E-state index contributed by atoms with van der Waals surface area (Å²) in [5.74, 6) is 0.759. The number of rotatable bonds is 6. The lowest BCUT2D eigenvalue weighted by Gasteiger charge is -2.12. The Bertz CT molecular complexity index is 1670. The van der Waals surface area contributed by atoms with Crippen molar-refractivity contribution in [3.63, 3.8) is 0 Å². The molecule has 0 fully saturated rings. The second kappa shape index (κ2) is 12.9. The first-order valence-corrected chi connectivity index (χ1v) is 15.9. The Balaban J connectivity index is 0.00000181. The number of nitrogens with zero attached hydrogens (tertiary/aromatic N) is 3. The van der Waals surface area contributed by atoms with Gasteiger partial charge in [0.15, 0.2) is 12.7 Å². The summed E-state index contributed by atoms with van der Waals surface area (Å²) in [5, 5.41) is 3.60. The third-order valence-electron chi connectivity index (χ3n) is 5.96. The van der Waals surface area contributed by atoms with Gasteiger partial charge in [-0.15, -0.1) is 11.3 Å². The maximum atomic E-state index is 13.5. The van der Waals surface area contributed by atoms with Crippen LogP contribution in [0.3, 0.4) is 0 Å². The number of alkyl halides is 3. The third-order valence-corrected chi connectivity index (χ3v) is 10.1. The van der Waals surface area contributed by atoms with Gasteiger partial charge < -0.3 is 9.64 Å². The topological polar surface area (TPSA) is 38.4 Å². The number of hydrogen-bond donors (Lipinski definition) is 0. The molecule has 0 unspecified atom stereocenters. The van der Waals surface area contributed by atoms with Gasteiger partial charge in [-0.3, -0.25) is 9.36 Å². The van der Waals surface area contributed by atoms with Gasteiger partial charge in [-0.05, 0) is 43.0 Å². The van der Waals surface area contributed by atoms with E-state index in [-0.39, 0.29) is 28.8 Å². The molecule has 40 heavy (non-hydrogen) atoms. The van der Waals surface area contributed by atoms with Crippen molar-refractivity contribution in [3.05, 3.63) is 84.2 Å². The van der Waals surface area contributed by atoms with E-state index in [4.69, 9.17) is 4.74 Å². The lowest BCUT2D eigenvalue weighted by Crippen LogP contribution is -2.36. The number of thiazole rings is 2. The zero-order chi connectivity index (χ0) is 29.0. The minimum Gasteiger partial charge on any atom is -0.497 e. The molecule has 2 aromatic heterocycles. The van der Waals surface area contributed by atoms with Crippen LogP contribution in [0.5, 0.6) is 5.75 Å². The molecule has 0 amide bonds. The number of methoxy groups -OCH3 is 1. The van der Waals surface area contributed by atoms with Crippen molar-refractivity contribution < 1.29 is 22.5 Å².